The Morgan fingerprint density at radius 3 is 1.91 bits per heavy atom. The maximum atomic E-state index is 9.25. The minimum atomic E-state index is 0.0647. The molecule has 23 heavy (non-hydrogen) atoms. The minimum absolute atomic E-state index is 0.0647. The number of nitrogens with zero attached hydrogens (tertiary/aromatic N) is 1. The monoisotopic (exact) mass is 303 g/mol. The average Bonchev–Trinajstić information content (AvgIpc) is 2.60. The molecule has 3 aromatic carbocycles. The van der Waals surface area contributed by atoms with Gasteiger partial charge in [-0.1, -0.05) is 36.4 Å². The molecule has 0 aliphatic carbocycles. The summed E-state index contributed by atoms with van der Waals surface area (Å²) in [6.45, 7) is 4.33. The van der Waals surface area contributed by atoms with Crippen molar-refractivity contribution in [3.8, 4) is 0 Å². The zero-order valence-electron chi connectivity index (χ0n) is 13.5. The van der Waals surface area contributed by atoms with E-state index in [1.807, 2.05) is 42.5 Å². The highest BCUT2D eigenvalue weighted by Gasteiger charge is 2.12. The van der Waals surface area contributed by atoms with Gasteiger partial charge in [0.25, 0.3) is 0 Å². The van der Waals surface area contributed by atoms with Crippen LogP contribution in [0.2, 0.25) is 0 Å². The molecule has 0 saturated heterocycles. The molecule has 0 atom stereocenters. The Labute approximate surface area is 137 Å². The first-order valence-corrected chi connectivity index (χ1v) is 7.81. The third-order valence-corrected chi connectivity index (χ3v) is 4.14. The van der Waals surface area contributed by atoms with E-state index < -0.39 is 0 Å². The van der Waals surface area contributed by atoms with Crippen molar-refractivity contribution in [2.75, 3.05) is 4.90 Å². The predicted molar refractivity (Wildman–Crippen MR) is 96.5 cm³/mol. The van der Waals surface area contributed by atoms with Gasteiger partial charge >= 0.3 is 0 Å². The summed E-state index contributed by atoms with van der Waals surface area (Å²) in [6, 6.07) is 24.9. The minimum Gasteiger partial charge on any atom is -0.392 e. The predicted octanol–water partition coefficient (Wildman–Crippen LogP) is 5.27. The molecule has 0 unspecified atom stereocenters. The summed E-state index contributed by atoms with van der Waals surface area (Å²) in [5.41, 5.74) is 6.81. The van der Waals surface area contributed by atoms with Gasteiger partial charge in [-0.2, -0.15) is 0 Å². The van der Waals surface area contributed by atoms with Crippen molar-refractivity contribution in [2.24, 2.45) is 0 Å². The molecule has 116 valence electrons. The molecule has 0 spiro atoms. The molecule has 0 bridgehead atoms. The second-order valence-corrected chi connectivity index (χ2v) is 5.76. The van der Waals surface area contributed by atoms with E-state index in [2.05, 4.69) is 49.1 Å². The highest BCUT2D eigenvalue weighted by Crippen LogP contribution is 2.35. The number of hydrogen-bond acceptors (Lipinski definition) is 2. The van der Waals surface area contributed by atoms with Crippen LogP contribution in [0.25, 0.3) is 0 Å². The van der Waals surface area contributed by atoms with Crippen molar-refractivity contribution in [1.29, 1.82) is 0 Å². The van der Waals surface area contributed by atoms with Crippen LogP contribution in [0.4, 0.5) is 17.1 Å². The lowest BCUT2D eigenvalue weighted by atomic mass is 10.1. The summed E-state index contributed by atoms with van der Waals surface area (Å²) >= 11 is 0. The van der Waals surface area contributed by atoms with Crippen LogP contribution in [0.3, 0.4) is 0 Å². The standard InChI is InChI=1S/C21H21NO/c1-16-8-11-21(14-17(16)2)22(19-6-4-3-5-7-19)20-12-9-18(15-23)10-13-20/h3-14,23H,15H2,1-2H3. The molecule has 0 saturated carbocycles. The molecule has 0 aromatic heterocycles. The van der Waals surface area contributed by atoms with Crippen LogP contribution in [0, 0.1) is 13.8 Å². The van der Waals surface area contributed by atoms with Gasteiger partial charge in [-0.15, -0.1) is 0 Å². The molecular formula is C21H21NO. The largest absolute Gasteiger partial charge is 0.392 e. The van der Waals surface area contributed by atoms with Gasteiger partial charge in [0, 0.05) is 17.1 Å². The number of rotatable bonds is 4. The number of anilines is 3. The molecule has 2 nitrogen and oxygen atoms in total. The van der Waals surface area contributed by atoms with Crippen LogP contribution < -0.4 is 4.90 Å². The number of benzene rings is 3. The van der Waals surface area contributed by atoms with Crippen molar-refractivity contribution >= 4 is 17.1 Å². The molecular weight excluding hydrogens is 282 g/mol. The summed E-state index contributed by atoms with van der Waals surface area (Å²) in [6.07, 6.45) is 0. The lowest BCUT2D eigenvalue weighted by Gasteiger charge is -2.26. The highest BCUT2D eigenvalue weighted by molar-refractivity contribution is 5.76. The molecule has 0 heterocycles. The average molecular weight is 303 g/mol. The third-order valence-electron chi connectivity index (χ3n) is 4.14. The van der Waals surface area contributed by atoms with E-state index in [1.54, 1.807) is 0 Å². The summed E-state index contributed by atoms with van der Waals surface area (Å²) in [7, 11) is 0. The van der Waals surface area contributed by atoms with Crippen molar-refractivity contribution in [3.05, 3.63) is 89.5 Å². The third kappa shape index (κ3) is 3.27. The van der Waals surface area contributed by atoms with Crippen molar-refractivity contribution in [3.63, 3.8) is 0 Å². The molecule has 0 radical (unpaired) electrons. The summed E-state index contributed by atoms with van der Waals surface area (Å²) < 4.78 is 0. The quantitative estimate of drug-likeness (QED) is 0.710. The second-order valence-electron chi connectivity index (χ2n) is 5.76. The number of hydrogen-bond donors (Lipinski definition) is 1. The van der Waals surface area contributed by atoms with E-state index in [9.17, 15) is 5.11 Å². The smallest absolute Gasteiger partial charge is 0.0681 e. The molecule has 3 aromatic rings. The number of aliphatic hydroxyl groups is 1. The number of para-hydroxylation sites is 1. The summed E-state index contributed by atoms with van der Waals surface area (Å²) in [4.78, 5) is 2.23. The fourth-order valence-corrected chi connectivity index (χ4v) is 2.64. The Hall–Kier alpha value is -2.58. The molecule has 1 N–H and O–H groups in total. The van der Waals surface area contributed by atoms with Crippen LogP contribution in [0.5, 0.6) is 0 Å². The first kappa shape index (κ1) is 15.3. The van der Waals surface area contributed by atoms with Crippen molar-refractivity contribution in [1.82, 2.24) is 0 Å². The maximum absolute atomic E-state index is 9.25. The molecule has 2 heteroatoms. The fraction of sp³-hybridized carbons (Fsp3) is 0.143. The maximum Gasteiger partial charge on any atom is 0.0681 e. The summed E-state index contributed by atoms with van der Waals surface area (Å²) in [5.74, 6) is 0. The normalized spacial score (nSPS) is 10.6. The Kier molecular flexibility index (Phi) is 4.45. The van der Waals surface area contributed by atoms with Gasteiger partial charge in [-0.05, 0) is 66.9 Å². The zero-order valence-corrected chi connectivity index (χ0v) is 13.5. The van der Waals surface area contributed by atoms with E-state index in [1.165, 1.54) is 11.1 Å². The molecule has 0 aliphatic rings. The van der Waals surface area contributed by atoms with Gasteiger partial charge in [-0.25, -0.2) is 0 Å². The van der Waals surface area contributed by atoms with Crippen LogP contribution in [0.1, 0.15) is 16.7 Å². The van der Waals surface area contributed by atoms with Gasteiger partial charge in [0.15, 0.2) is 0 Å². The lowest BCUT2D eigenvalue weighted by Crippen LogP contribution is -2.10. The SMILES string of the molecule is Cc1ccc(N(c2ccccc2)c2ccc(CO)cc2)cc1C. The molecule has 0 aliphatic heterocycles. The Morgan fingerprint density at radius 2 is 1.30 bits per heavy atom. The fourth-order valence-electron chi connectivity index (χ4n) is 2.64. The van der Waals surface area contributed by atoms with E-state index >= 15 is 0 Å². The van der Waals surface area contributed by atoms with Crippen LogP contribution >= 0.6 is 0 Å². The molecule has 3 rings (SSSR count). The Bertz CT molecular complexity index is 779. The van der Waals surface area contributed by atoms with Gasteiger partial charge in [-0.3, -0.25) is 0 Å². The highest BCUT2D eigenvalue weighted by atomic mass is 16.3. The lowest BCUT2D eigenvalue weighted by molar-refractivity contribution is 0.282. The zero-order chi connectivity index (χ0) is 16.2. The molecule has 0 amide bonds. The van der Waals surface area contributed by atoms with E-state index in [-0.39, 0.29) is 6.61 Å². The van der Waals surface area contributed by atoms with E-state index in [0.29, 0.717) is 0 Å². The number of aryl methyl sites for hydroxylation is 2. The summed E-state index contributed by atoms with van der Waals surface area (Å²) in [5, 5.41) is 9.25. The Morgan fingerprint density at radius 1 is 0.696 bits per heavy atom. The first-order chi connectivity index (χ1) is 11.2. The first-order valence-electron chi connectivity index (χ1n) is 7.81. The van der Waals surface area contributed by atoms with Crippen LogP contribution in [0.15, 0.2) is 72.8 Å². The topological polar surface area (TPSA) is 23.5 Å². The van der Waals surface area contributed by atoms with E-state index in [4.69, 9.17) is 0 Å². The van der Waals surface area contributed by atoms with Gasteiger partial charge in [0.2, 0.25) is 0 Å². The van der Waals surface area contributed by atoms with Crippen molar-refractivity contribution < 1.29 is 5.11 Å². The molecule has 0 fully saturated rings. The van der Waals surface area contributed by atoms with E-state index in [0.717, 1.165) is 22.6 Å². The number of aliphatic hydroxyl groups excluding tert-OH is 1. The van der Waals surface area contributed by atoms with Gasteiger partial charge in [0.1, 0.15) is 0 Å². The van der Waals surface area contributed by atoms with Gasteiger partial charge in [0.05, 0.1) is 6.61 Å². The Balaban J connectivity index is 2.11. The second kappa shape index (κ2) is 6.67. The van der Waals surface area contributed by atoms with Crippen LogP contribution in [-0.4, -0.2) is 5.11 Å². The van der Waals surface area contributed by atoms with Crippen LogP contribution in [-0.2, 0) is 6.61 Å². The van der Waals surface area contributed by atoms with Gasteiger partial charge < -0.3 is 10.0 Å². The van der Waals surface area contributed by atoms with Crippen molar-refractivity contribution in [2.45, 2.75) is 20.5 Å².